The molecule has 2 heteroatoms. The van der Waals surface area contributed by atoms with Crippen LogP contribution in [0, 0.1) is 0 Å². The average Bonchev–Trinajstić information content (AvgIpc) is 2.17. The van der Waals surface area contributed by atoms with E-state index in [0.717, 1.165) is 5.82 Å². The van der Waals surface area contributed by atoms with Gasteiger partial charge in [-0.3, -0.25) is 0 Å². The van der Waals surface area contributed by atoms with Gasteiger partial charge in [0.2, 0.25) is 0 Å². The Bertz CT molecular complexity index is 342. The van der Waals surface area contributed by atoms with Crippen LogP contribution in [0.5, 0.6) is 0 Å². The highest BCUT2D eigenvalue weighted by Gasteiger charge is 2.17. The summed E-state index contributed by atoms with van der Waals surface area (Å²) in [4.78, 5) is 4.29. The standard InChI is InChI=1S/C12H18N2/c1-8(2)11-10-6-4-3-5-9(10)7-14-12(11)13/h7-8H,3-6H2,1-2H3,(H2,13,14). The molecule has 0 fully saturated rings. The first-order valence-electron chi connectivity index (χ1n) is 5.46. The van der Waals surface area contributed by atoms with Gasteiger partial charge in [0.05, 0.1) is 0 Å². The van der Waals surface area contributed by atoms with Crippen molar-refractivity contribution in [2.45, 2.75) is 45.4 Å². The zero-order valence-corrected chi connectivity index (χ0v) is 9.01. The summed E-state index contributed by atoms with van der Waals surface area (Å²) in [7, 11) is 0. The van der Waals surface area contributed by atoms with E-state index in [1.54, 1.807) is 0 Å². The van der Waals surface area contributed by atoms with Crippen LogP contribution in [-0.4, -0.2) is 4.98 Å². The Hall–Kier alpha value is -1.05. The molecule has 2 N–H and O–H groups in total. The molecule has 1 aliphatic carbocycles. The fourth-order valence-electron chi connectivity index (χ4n) is 2.39. The van der Waals surface area contributed by atoms with Crippen LogP contribution in [0.3, 0.4) is 0 Å². The molecule has 0 amide bonds. The van der Waals surface area contributed by atoms with Crippen molar-refractivity contribution in [3.63, 3.8) is 0 Å². The maximum Gasteiger partial charge on any atom is 0.127 e. The predicted molar refractivity (Wildman–Crippen MR) is 59.4 cm³/mol. The number of fused-ring (bicyclic) bond motifs is 1. The molecule has 14 heavy (non-hydrogen) atoms. The first kappa shape index (κ1) is 9.50. The molecule has 0 spiro atoms. The molecule has 1 aromatic heterocycles. The SMILES string of the molecule is CC(C)c1c(N)ncc2c1CCCC2. The molecule has 1 aliphatic rings. The van der Waals surface area contributed by atoms with Gasteiger partial charge in [-0.15, -0.1) is 0 Å². The summed E-state index contributed by atoms with van der Waals surface area (Å²) in [6.45, 7) is 4.39. The molecule has 0 saturated heterocycles. The van der Waals surface area contributed by atoms with E-state index in [9.17, 15) is 0 Å². The highest BCUT2D eigenvalue weighted by Crippen LogP contribution is 2.31. The van der Waals surface area contributed by atoms with Gasteiger partial charge in [0.15, 0.2) is 0 Å². The summed E-state index contributed by atoms with van der Waals surface area (Å²) in [5, 5.41) is 0. The minimum Gasteiger partial charge on any atom is -0.383 e. The normalized spacial score (nSPS) is 15.6. The molecule has 0 aromatic carbocycles. The number of aryl methyl sites for hydroxylation is 1. The number of nitrogens with zero attached hydrogens (tertiary/aromatic N) is 1. The second kappa shape index (κ2) is 3.60. The van der Waals surface area contributed by atoms with Crippen molar-refractivity contribution >= 4 is 5.82 Å². The van der Waals surface area contributed by atoms with Crippen LogP contribution in [0.25, 0.3) is 0 Å². The van der Waals surface area contributed by atoms with E-state index in [1.165, 1.54) is 42.4 Å². The Kier molecular flexibility index (Phi) is 2.44. The molecule has 0 atom stereocenters. The summed E-state index contributed by atoms with van der Waals surface area (Å²) in [6, 6.07) is 0. The quantitative estimate of drug-likeness (QED) is 0.739. The van der Waals surface area contributed by atoms with Crippen molar-refractivity contribution in [1.82, 2.24) is 4.98 Å². The molecule has 0 aliphatic heterocycles. The van der Waals surface area contributed by atoms with Crippen LogP contribution in [0.15, 0.2) is 6.20 Å². The first-order chi connectivity index (χ1) is 6.70. The monoisotopic (exact) mass is 190 g/mol. The number of nitrogen functional groups attached to an aromatic ring is 1. The lowest BCUT2D eigenvalue weighted by Gasteiger charge is -2.22. The number of rotatable bonds is 1. The number of hydrogen-bond donors (Lipinski definition) is 1. The molecular formula is C12H18N2. The third-order valence-corrected chi connectivity index (χ3v) is 3.05. The van der Waals surface area contributed by atoms with Gasteiger partial charge >= 0.3 is 0 Å². The molecule has 0 unspecified atom stereocenters. The first-order valence-corrected chi connectivity index (χ1v) is 5.46. The van der Waals surface area contributed by atoms with Crippen LogP contribution in [-0.2, 0) is 12.8 Å². The third kappa shape index (κ3) is 1.49. The third-order valence-electron chi connectivity index (χ3n) is 3.05. The Morgan fingerprint density at radius 3 is 2.71 bits per heavy atom. The number of aromatic nitrogens is 1. The minimum absolute atomic E-state index is 0.496. The zero-order valence-electron chi connectivity index (χ0n) is 9.01. The van der Waals surface area contributed by atoms with Crippen molar-refractivity contribution in [3.8, 4) is 0 Å². The Morgan fingerprint density at radius 2 is 2.00 bits per heavy atom. The van der Waals surface area contributed by atoms with Gasteiger partial charge in [-0.2, -0.15) is 0 Å². The number of nitrogens with two attached hydrogens (primary N) is 1. The van der Waals surface area contributed by atoms with Crippen molar-refractivity contribution in [2.24, 2.45) is 0 Å². The van der Waals surface area contributed by atoms with Gasteiger partial charge in [-0.05, 0) is 42.7 Å². The minimum atomic E-state index is 0.496. The van der Waals surface area contributed by atoms with E-state index < -0.39 is 0 Å². The lowest BCUT2D eigenvalue weighted by Crippen LogP contribution is -2.11. The largest absolute Gasteiger partial charge is 0.383 e. The molecule has 0 bridgehead atoms. The maximum absolute atomic E-state index is 5.93. The Morgan fingerprint density at radius 1 is 1.29 bits per heavy atom. The molecular weight excluding hydrogens is 172 g/mol. The van der Waals surface area contributed by atoms with Gasteiger partial charge in [0.25, 0.3) is 0 Å². The van der Waals surface area contributed by atoms with Crippen LogP contribution >= 0.6 is 0 Å². The van der Waals surface area contributed by atoms with E-state index in [-0.39, 0.29) is 0 Å². The van der Waals surface area contributed by atoms with Crippen LogP contribution in [0.1, 0.15) is 49.3 Å². The highest BCUT2D eigenvalue weighted by atomic mass is 14.8. The lowest BCUT2D eigenvalue weighted by atomic mass is 9.86. The van der Waals surface area contributed by atoms with Gasteiger partial charge < -0.3 is 5.73 Å². The summed E-state index contributed by atoms with van der Waals surface area (Å²) >= 11 is 0. The van der Waals surface area contributed by atoms with Crippen LogP contribution in [0.2, 0.25) is 0 Å². The summed E-state index contributed by atoms with van der Waals surface area (Å²) < 4.78 is 0. The van der Waals surface area contributed by atoms with Crippen LogP contribution in [0.4, 0.5) is 5.82 Å². The van der Waals surface area contributed by atoms with E-state index in [1.807, 2.05) is 6.20 Å². The van der Waals surface area contributed by atoms with Crippen molar-refractivity contribution in [1.29, 1.82) is 0 Å². The van der Waals surface area contributed by atoms with Crippen molar-refractivity contribution in [3.05, 3.63) is 22.9 Å². The molecule has 0 radical (unpaired) electrons. The fraction of sp³-hybridized carbons (Fsp3) is 0.583. The van der Waals surface area contributed by atoms with E-state index in [0.29, 0.717) is 5.92 Å². The summed E-state index contributed by atoms with van der Waals surface area (Å²) in [5.41, 5.74) is 10.1. The predicted octanol–water partition coefficient (Wildman–Crippen LogP) is 2.67. The average molecular weight is 190 g/mol. The Balaban J connectivity index is 2.55. The number of pyridine rings is 1. The molecule has 76 valence electrons. The topological polar surface area (TPSA) is 38.9 Å². The second-order valence-electron chi connectivity index (χ2n) is 4.42. The molecule has 1 heterocycles. The van der Waals surface area contributed by atoms with Crippen molar-refractivity contribution < 1.29 is 0 Å². The highest BCUT2D eigenvalue weighted by molar-refractivity contribution is 5.50. The molecule has 1 aromatic rings. The van der Waals surface area contributed by atoms with Gasteiger partial charge in [-0.25, -0.2) is 4.98 Å². The summed E-state index contributed by atoms with van der Waals surface area (Å²) in [5.74, 6) is 1.23. The number of anilines is 1. The molecule has 0 saturated carbocycles. The van der Waals surface area contributed by atoms with Gasteiger partial charge in [-0.1, -0.05) is 13.8 Å². The molecule has 2 rings (SSSR count). The second-order valence-corrected chi connectivity index (χ2v) is 4.42. The van der Waals surface area contributed by atoms with E-state index >= 15 is 0 Å². The maximum atomic E-state index is 5.93. The van der Waals surface area contributed by atoms with E-state index in [4.69, 9.17) is 5.73 Å². The van der Waals surface area contributed by atoms with Crippen molar-refractivity contribution in [2.75, 3.05) is 5.73 Å². The summed E-state index contributed by atoms with van der Waals surface area (Å²) in [6.07, 6.45) is 6.94. The fourth-order valence-corrected chi connectivity index (χ4v) is 2.39. The van der Waals surface area contributed by atoms with E-state index in [2.05, 4.69) is 18.8 Å². The molecule has 2 nitrogen and oxygen atoms in total. The van der Waals surface area contributed by atoms with Gasteiger partial charge in [0, 0.05) is 11.8 Å². The van der Waals surface area contributed by atoms with Gasteiger partial charge in [0.1, 0.15) is 5.82 Å². The van der Waals surface area contributed by atoms with Crippen LogP contribution < -0.4 is 5.73 Å². The smallest absolute Gasteiger partial charge is 0.127 e. The lowest BCUT2D eigenvalue weighted by molar-refractivity contribution is 0.667. The number of hydrogen-bond acceptors (Lipinski definition) is 2. The zero-order chi connectivity index (χ0) is 10.1. The Labute approximate surface area is 85.5 Å².